The molecule has 0 aliphatic carbocycles. The third kappa shape index (κ3) is 5.14. The summed E-state index contributed by atoms with van der Waals surface area (Å²) in [6.45, 7) is 1.42. The van der Waals surface area contributed by atoms with Gasteiger partial charge in [-0.1, -0.05) is 23.9 Å². The van der Waals surface area contributed by atoms with Gasteiger partial charge in [0.15, 0.2) is 0 Å². The lowest BCUT2D eigenvalue weighted by Crippen LogP contribution is -2.14. The second-order valence-corrected chi connectivity index (χ2v) is 6.37. The first-order valence-electron chi connectivity index (χ1n) is 7.90. The van der Waals surface area contributed by atoms with Crippen molar-refractivity contribution in [3.05, 3.63) is 54.3 Å². The number of rotatable bonds is 6. The number of amides is 2. The molecule has 0 aliphatic heterocycles. The van der Waals surface area contributed by atoms with E-state index in [0.29, 0.717) is 11.4 Å². The SMILES string of the molecule is CC(=O)Nc1ccc(NC(=O)CSc2nnc(-c3ccccc3F)o2)cc1. The van der Waals surface area contributed by atoms with Gasteiger partial charge in [0.05, 0.1) is 11.3 Å². The fourth-order valence-corrected chi connectivity index (χ4v) is 2.74. The predicted molar refractivity (Wildman–Crippen MR) is 99.8 cm³/mol. The fourth-order valence-electron chi connectivity index (χ4n) is 2.18. The van der Waals surface area contributed by atoms with Gasteiger partial charge in [0.2, 0.25) is 11.8 Å². The minimum absolute atomic E-state index is 0.0480. The Morgan fingerprint density at radius 3 is 2.37 bits per heavy atom. The molecule has 138 valence electrons. The van der Waals surface area contributed by atoms with Gasteiger partial charge < -0.3 is 15.1 Å². The minimum atomic E-state index is -0.460. The van der Waals surface area contributed by atoms with Crippen molar-refractivity contribution in [3.63, 3.8) is 0 Å². The topological polar surface area (TPSA) is 97.1 Å². The molecule has 1 heterocycles. The average molecular weight is 386 g/mol. The number of carbonyl (C=O) groups is 2. The summed E-state index contributed by atoms with van der Waals surface area (Å²) in [5.41, 5.74) is 1.44. The molecular weight excluding hydrogens is 371 g/mol. The van der Waals surface area contributed by atoms with Crippen molar-refractivity contribution in [2.45, 2.75) is 12.1 Å². The normalized spacial score (nSPS) is 10.4. The van der Waals surface area contributed by atoms with Crippen LogP contribution < -0.4 is 10.6 Å². The Morgan fingerprint density at radius 2 is 1.70 bits per heavy atom. The number of hydrogen-bond acceptors (Lipinski definition) is 6. The monoisotopic (exact) mass is 386 g/mol. The number of halogens is 1. The number of nitrogens with one attached hydrogen (secondary N) is 2. The lowest BCUT2D eigenvalue weighted by atomic mass is 10.2. The first kappa shape index (κ1) is 18.6. The van der Waals surface area contributed by atoms with Crippen LogP contribution in [0.25, 0.3) is 11.5 Å². The molecule has 0 fully saturated rings. The van der Waals surface area contributed by atoms with Crippen molar-refractivity contribution >= 4 is 35.0 Å². The zero-order valence-electron chi connectivity index (χ0n) is 14.2. The molecule has 0 bridgehead atoms. The summed E-state index contributed by atoms with van der Waals surface area (Å²) in [5, 5.41) is 13.1. The zero-order chi connectivity index (χ0) is 19.2. The number of hydrogen-bond donors (Lipinski definition) is 2. The summed E-state index contributed by atoms with van der Waals surface area (Å²) < 4.78 is 19.1. The second kappa shape index (κ2) is 8.45. The van der Waals surface area contributed by atoms with Crippen LogP contribution >= 0.6 is 11.8 Å². The maximum absolute atomic E-state index is 13.7. The molecule has 0 atom stereocenters. The van der Waals surface area contributed by atoms with Crippen molar-refractivity contribution in [3.8, 4) is 11.5 Å². The smallest absolute Gasteiger partial charge is 0.277 e. The molecule has 0 spiro atoms. The maximum atomic E-state index is 13.7. The highest BCUT2D eigenvalue weighted by Gasteiger charge is 2.14. The molecule has 7 nitrogen and oxygen atoms in total. The van der Waals surface area contributed by atoms with Crippen LogP contribution in [0.4, 0.5) is 15.8 Å². The van der Waals surface area contributed by atoms with Gasteiger partial charge in [-0.3, -0.25) is 9.59 Å². The fraction of sp³-hybridized carbons (Fsp3) is 0.111. The molecule has 0 saturated carbocycles. The predicted octanol–water partition coefficient (Wildman–Crippen LogP) is 3.56. The number of aromatic nitrogens is 2. The Kier molecular flexibility index (Phi) is 5.82. The Hall–Kier alpha value is -3.20. The lowest BCUT2D eigenvalue weighted by Gasteiger charge is -2.06. The molecule has 0 saturated heterocycles. The van der Waals surface area contributed by atoms with Crippen molar-refractivity contribution in [1.82, 2.24) is 10.2 Å². The highest BCUT2D eigenvalue weighted by molar-refractivity contribution is 7.99. The van der Waals surface area contributed by atoms with E-state index in [-0.39, 0.29) is 34.2 Å². The van der Waals surface area contributed by atoms with Crippen LogP contribution in [0.2, 0.25) is 0 Å². The molecule has 3 aromatic rings. The lowest BCUT2D eigenvalue weighted by molar-refractivity contribution is -0.114. The number of benzene rings is 2. The summed E-state index contributed by atoms with van der Waals surface area (Å²) in [6.07, 6.45) is 0. The summed E-state index contributed by atoms with van der Waals surface area (Å²) in [4.78, 5) is 23.0. The summed E-state index contributed by atoms with van der Waals surface area (Å²) >= 11 is 1.05. The van der Waals surface area contributed by atoms with Gasteiger partial charge in [0, 0.05) is 18.3 Å². The van der Waals surface area contributed by atoms with Gasteiger partial charge in [-0.15, -0.1) is 10.2 Å². The van der Waals surface area contributed by atoms with Crippen LogP contribution in [0.5, 0.6) is 0 Å². The van der Waals surface area contributed by atoms with Gasteiger partial charge >= 0.3 is 0 Å². The van der Waals surface area contributed by atoms with Crippen molar-refractivity contribution in [2.75, 3.05) is 16.4 Å². The van der Waals surface area contributed by atoms with Crippen LogP contribution in [0, 0.1) is 5.82 Å². The van der Waals surface area contributed by atoms with Crippen LogP contribution in [0.3, 0.4) is 0 Å². The molecular formula is C18H15FN4O3S. The van der Waals surface area contributed by atoms with Crippen molar-refractivity contribution in [1.29, 1.82) is 0 Å². The number of nitrogens with zero attached hydrogens (tertiary/aromatic N) is 2. The van der Waals surface area contributed by atoms with Gasteiger partial charge in [-0.25, -0.2) is 4.39 Å². The molecule has 2 amide bonds. The van der Waals surface area contributed by atoms with Crippen LogP contribution in [-0.2, 0) is 9.59 Å². The van der Waals surface area contributed by atoms with E-state index in [1.54, 1.807) is 36.4 Å². The first-order valence-corrected chi connectivity index (χ1v) is 8.88. The largest absolute Gasteiger partial charge is 0.411 e. The van der Waals surface area contributed by atoms with E-state index in [0.717, 1.165) is 11.8 Å². The highest BCUT2D eigenvalue weighted by atomic mass is 32.2. The molecule has 0 unspecified atom stereocenters. The van der Waals surface area contributed by atoms with E-state index >= 15 is 0 Å². The van der Waals surface area contributed by atoms with Crippen LogP contribution in [-0.4, -0.2) is 27.8 Å². The first-order chi connectivity index (χ1) is 13.0. The van der Waals surface area contributed by atoms with E-state index in [9.17, 15) is 14.0 Å². The average Bonchev–Trinajstić information content (AvgIpc) is 3.10. The minimum Gasteiger partial charge on any atom is -0.411 e. The molecule has 0 aliphatic rings. The molecule has 27 heavy (non-hydrogen) atoms. The molecule has 1 aromatic heterocycles. The standard InChI is InChI=1S/C18H15FN4O3S/c1-11(24)20-12-6-8-13(9-7-12)21-16(25)10-27-18-23-22-17(26-18)14-4-2-3-5-15(14)19/h2-9H,10H2,1H3,(H,20,24)(H,21,25). The summed E-state index contributed by atoms with van der Waals surface area (Å²) in [5.74, 6) is -0.787. The van der Waals surface area contributed by atoms with Crippen LogP contribution in [0.1, 0.15) is 6.92 Å². The van der Waals surface area contributed by atoms with Gasteiger partial charge in [0.1, 0.15) is 5.82 Å². The van der Waals surface area contributed by atoms with E-state index in [1.807, 2.05) is 0 Å². The molecule has 3 rings (SSSR count). The van der Waals surface area contributed by atoms with E-state index in [1.165, 1.54) is 19.1 Å². The third-order valence-electron chi connectivity index (χ3n) is 3.33. The van der Waals surface area contributed by atoms with Crippen LogP contribution in [0.15, 0.2) is 58.2 Å². The number of carbonyl (C=O) groups excluding carboxylic acids is 2. The summed E-state index contributed by atoms with van der Waals surface area (Å²) in [6, 6.07) is 12.8. The quantitative estimate of drug-likeness (QED) is 0.629. The Bertz CT molecular complexity index is 959. The number of thioether (sulfide) groups is 1. The van der Waals surface area contributed by atoms with Crippen molar-refractivity contribution in [2.24, 2.45) is 0 Å². The van der Waals surface area contributed by atoms with Crippen molar-refractivity contribution < 1.29 is 18.4 Å². The maximum Gasteiger partial charge on any atom is 0.277 e. The van der Waals surface area contributed by atoms with Gasteiger partial charge in [-0.2, -0.15) is 0 Å². The second-order valence-electron chi connectivity index (χ2n) is 5.45. The molecule has 0 radical (unpaired) electrons. The summed E-state index contributed by atoms with van der Waals surface area (Å²) in [7, 11) is 0. The Balaban J connectivity index is 1.54. The van der Waals surface area contributed by atoms with Gasteiger partial charge in [-0.05, 0) is 36.4 Å². The third-order valence-corrected chi connectivity index (χ3v) is 4.14. The Labute approximate surface area is 158 Å². The zero-order valence-corrected chi connectivity index (χ0v) is 15.0. The van der Waals surface area contributed by atoms with E-state index in [2.05, 4.69) is 20.8 Å². The Morgan fingerprint density at radius 1 is 1.04 bits per heavy atom. The molecule has 2 aromatic carbocycles. The van der Waals surface area contributed by atoms with E-state index < -0.39 is 5.82 Å². The van der Waals surface area contributed by atoms with E-state index in [4.69, 9.17) is 4.42 Å². The molecule has 9 heteroatoms. The van der Waals surface area contributed by atoms with Gasteiger partial charge in [0.25, 0.3) is 11.1 Å². The highest BCUT2D eigenvalue weighted by Crippen LogP contribution is 2.25. The molecule has 2 N–H and O–H groups in total. The number of anilines is 2.